The van der Waals surface area contributed by atoms with Gasteiger partial charge in [-0.2, -0.15) is 0 Å². The summed E-state index contributed by atoms with van der Waals surface area (Å²) in [6, 6.07) is -3.54. The fourth-order valence-electron chi connectivity index (χ4n) is 11.1. The number of fused-ring (bicyclic) bond motifs is 1. The molecule has 4 saturated carbocycles. The molecule has 54 heavy (non-hydrogen) atoms. The predicted octanol–water partition coefficient (Wildman–Crippen LogP) is 3.85. The first-order chi connectivity index (χ1) is 25.5. The highest BCUT2D eigenvalue weighted by Gasteiger charge is 2.85. The monoisotopic (exact) mass is 753 g/mol. The topological polar surface area (TPSA) is 157 Å². The maximum Gasteiger partial charge on any atom is 0.289 e. The summed E-state index contributed by atoms with van der Waals surface area (Å²) in [5.41, 5.74) is -1.02. The zero-order chi connectivity index (χ0) is 39.2. The standard InChI is InChI=1S/C42H68N6O6/c1-8-14-29(32(49)37(53)43-28-18-19-28)44-35(51)30-23-42(40(5,6)41(42)20-13-21-41)25-48(30)38(54)33(39(2,3)4)46-36(52)31(26-15-10-9-11-16-26)45-34(50)27-17-12-22-47(7)24-27/h26-31,33H,8-25H2,1-7H3,(H,43,53)(H,44,51)(H,45,50)(H,46,52)/t27-,29-,30+,31+,33-,42-/m1/s1. The summed E-state index contributed by atoms with van der Waals surface area (Å²) in [5.74, 6) is -2.73. The fourth-order valence-corrected chi connectivity index (χ4v) is 11.1. The van der Waals surface area contributed by atoms with Crippen LogP contribution in [0, 0.1) is 33.5 Å². The second-order valence-electron chi connectivity index (χ2n) is 19.6. The molecule has 12 nitrogen and oxygen atoms in total. The van der Waals surface area contributed by atoms with Gasteiger partial charge in [0, 0.05) is 24.5 Å². The fraction of sp³-hybridized carbons (Fsp3) is 0.857. The van der Waals surface area contributed by atoms with Crippen molar-refractivity contribution < 1.29 is 28.8 Å². The Balaban J connectivity index is 1.25. The Morgan fingerprint density at radius 3 is 2.06 bits per heavy atom. The third-order valence-electron chi connectivity index (χ3n) is 14.8. The molecule has 0 radical (unpaired) electrons. The number of nitrogens with one attached hydrogen (secondary N) is 4. The Hall–Kier alpha value is -3.02. The Morgan fingerprint density at radius 1 is 0.815 bits per heavy atom. The molecule has 5 amide bonds. The lowest BCUT2D eigenvalue weighted by atomic mass is 9.73. The zero-order valence-corrected chi connectivity index (χ0v) is 34.1. The van der Waals surface area contributed by atoms with Crippen molar-refractivity contribution in [3.63, 3.8) is 0 Å². The van der Waals surface area contributed by atoms with Gasteiger partial charge in [0.25, 0.3) is 5.91 Å². The van der Waals surface area contributed by atoms with E-state index in [0.717, 1.165) is 83.6 Å². The van der Waals surface area contributed by atoms with Crippen LogP contribution in [0.15, 0.2) is 0 Å². The van der Waals surface area contributed by atoms with E-state index in [2.05, 4.69) is 40.0 Å². The summed E-state index contributed by atoms with van der Waals surface area (Å²) in [6.07, 6.45) is 12.8. The van der Waals surface area contributed by atoms with Crippen LogP contribution in [0.2, 0.25) is 0 Å². The molecule has 6 atom stereocenters. The molecule has 302 valence electrons. The van der Waals surface area contributed by atoms with E-state index in [1.807, 2.05) is 34.7 Å². The van der Waals surface area contributed by atoms with Crippen LogP contribution >= 0.6 is 0 Å². The largest absolute Gasteiger partial charge is 0.347 e. The van der Waals surface area contributed by atoms with E-state index in [4.69, 9.17) is 0 Å². The van der Waals surface area contributed by atoms with E-state index in [1.165, 1.54) is 0 Å². The van der Waals surface area contributed by atoms with Gasteiger partial charge >= 0.3 is 0 Å². The van der Waals surface area contributed by atoms with Crippen molar-refractivity contribution in [2.75, 3.05) is 26.7 Å². The van der Waals surface area contributed by atoms with Crippen molar-refractivity contribution in [1.82, 2.24) is 31.1 Å². The van der Waals surface area contributed by atoms with Crippen LogP contribution in [-0.2, 0) is 28.8 Å². The first-order valence-electron chi connectivity index (χ1n) is 21.2. The molecule has 6 aliphatic rings. The van der Waals surface area contributed by atoms with Crippen molar-refractivity contribution in [1.29, 1.82) is 0 Å². The highest BCUT2D eigenvalue weighted by atomic mass is 16.2. The number of Topliss-reactive ketones (excluding diaryl/α,β-unsaturated/α-hetero) is 1. The molecule has 2 spiro atoms. The van der Waals surface area contributed by atoms with Crippen LogP contribution in [0.4, 0.5) is 0 Å². The molecule has 4 aliphatic carbocycles. The lowest BCUT2D eigenvalue weighted by molar-refractivity contribution is -0.145. The molecule has 0 bridgehead atoms. The molecular weight excluding hydrogens is 684 g/mol. The van der Waals surface area contributed by atoms with Gasteiger partial charge in [-0.15, -0.1) is 0 Å². The molecule has 6 rings (SSSR count). The van der Waals surface area contributed by atoms with Gasteiger partial charge in [0.15, 0.2) is 0 Å². The van der Waals surface area contributed by atoms with Crippen molar-refractivity contribution in [2.24, 2.45) is 33.5 Å². The quantitative estimate of drug-likeness (QED) is 0.208. The number of hydrogen-bond donors (Lipinski definition) is 4. The molecule has 6 fully saturated rings. The summed E-state index contributed by atoms with van der Waals surface area (Å²) in [5, 5.41) is 12.0. The predicted molar refractivity (Wildman–Crippen MR) is 206 cm³/mol. The van der Waals surface area contributed by atoms with Crippen LogP contribution in [0.3, 0.4) is 0 Å². The number of carbonyl (C=O) groups is 6. The van der Waals surface area contributed by atoms with Gasteiger partial charge in [-0.3, -0.25) is 28.8 Å². The molecule has 2 saturated heterocycles. The summed E-state index contributed by atoms with van der Waals surface area (Å²) in [4.78, 5) is 87.7. The SMILES string of the molecule is CCC[C@@H](NC(=O)[C@@H]1C[C@@]2(CN1C(=O)[C@@H](NC(=O)[C@@H](NC(=O)[C@@H]1CCCN(C)C1)C1CCCCC1)C(C)(C)C)C(C)(C)C21CCC1)C(=O)C(=O)NC1CC1. The minimum atomic E-state index is -0.985. The van der Waals surface area contributed by atoms with Crippen molar-refractivity contribution >= 4 is 35.3 Å². The van der Waals surface area contributed by atoms with Gasteiger partial charge < -0.3 is 31.1 Å². The molecule has 0 unspecified atom stereocenters. The number of piperidine rings is 1. The smallest absolute Gasteiger partial charge is 0.289 e. The van der Waals surface area contributed by atoms with E-state index < -0.39 is 47.2 Å². The summed E-state index contributed by atoms with van der Waals surface area (Å²) >= 11 is 0. The number of likely N-dealkylation sites (tertiary alicyclic amines) is 2. The highest BCUT2D eigenvalue weighted by Crippen LogP contribution is 2.88. The van der Waals surface area contributed by atoms with Crippen molar-refractivity contribution in [3.8, 4) is 0 Å². The minimum absolute atomic E-state index is 0.0162. The van der Waals surface area contributed by atoms with Gasteiger partial charge in [0.1, 0.15) is 18.1 Å². The second-order valence-corrected chi connectivity index (χ2v) is 19.6. The Bertz CT molecular complexity index is 1480. The Kier molecular flexibility index (Phi) is 11.7. The third kappa shape index (κ3) is 7.58. The number of ketones is 1. The molecule has 0 aromatic carbocycles. The molecular formula is C42H68N6O6. The minimum Gasteiger partial charge on any atom is -0.347 e. The van der Waals surface area contributed by atoms with Crippen molar-refractivity contribution in [2.45, 2.75) is 168 Å². The van der Waals surface area contributed by atoms with E-state index >= 15 is 4.79 Å². The van der Waals surface area contributed by atoms with E-state index in [0.29, 0.717) is 32.4 Å². The molecule has 4 N–H and O–H groups in total. The number of nitrogens with zero attached hydrogens (tertiary/aromatic N) is 2. The molecule has 2 heterocycles. The van der Waals surface area contributed by atoms with Crippen LogP contribution in [-0.4, -0.2) is 102 Å². The highest BCUT2D eigenvalue weighted by molar-refractivity contribution is 6.38. The molecule has 2 aliphatic heterocycles. The van der Waals surface area contributed by atoms with E-state index in [1.54, 1.807) is 4.90 Å². The van der Waals surface area contributed by atoms with Crippen molar-refractivity contribution in [3.05, 3.63) is 0 Å². The number of carbonyl (C=O) groups excluding carboxylic acids is 6. The number of hydrogen-bond acceptors (Lipinski definition) is 7. The van der Waals surface area contributed by atoms with Crippen LogP contribution in [0.1, 0.15) is 138 Å². The normalized spacial score (nSPS) is 29.4. The summed E-state index contributed by atoms with van der Waals surface area (Å²) in [7, 11) is 2.02. The molecule has 0 aromatic heterocycles. The Labute approximate surface area is 322 Å². The second kappa shape index (κ2) is 15.5. The average molecular weight is 753 g/mol. The van der Waals surface area contributed by atoms with Gasteiger partial charge in [0.2, 0.25) is 29.4 Å². The number of amides is 5. The lowest BCUT2D eigenvalue weighted by Gasteiger charge is -2.38. The summed E-state index contributed by atoms with van der Waals surface area (Å²) in [6.45, 7) is 14.2. The van der Waals surface area contributed by atoms with Gasteiger partial charge in [-0.25, -0.2) is 0 Å². The maximum atomic E-state index is 15.1. The zero-order valence-electron chi connectivity index (χ0n) is 34.1. The molecule has 12 heteroatoms. The van der Waals surface area contributed by atoms with Gasteiger partial charge in [-0.05, 0) is 100.0 Å². The lowest BCUT2D eigenvalue weighted by Crippen LogP contribution is -2.62. The van der Waals surface area contributed by atoms with Crippen LogP contribution in [0.25, 0.3) is 0 Å². The Morgan fingerprint density at radius 2 is 1.50 bits per heavy atom. The summed E-state index contributed by atoms with van der Waals surface area (Å²) < 4.78 is 0. The first-order valence-corrected chi connectivity index (χ1v) is 21.2. The first kappa shape index (κ1) is 40.6. The van der Waals surface area contributed by atoms with Crippen LogP contribution < -0.4 is 21.3 Å². The van der Waals surface area contributed by atoms with E-state index in [-0.39, 0.29) is 51.8 Å². The third-order valence-corrected chi connectivity index (χ3v) is 14.8. The van der Waals surface area contributed by atoms with Gasteiger partial charge in [0.05, 0.1) is 12.0 Å². The maximum absolute atomic E-state index is 15.1. The van der Waals surface area contributed by atoms with Gasteiger partial charge in [-0.1, -0.05) is 73.6 Å². The number of rotatable bonds is 13. The average Bonchev–Trinajstić information content (AvgIpc) is 3.93. The molecule has 0 aromatic rings. The van der Waals surface area contributed by atoms with Crippen LogP contribution in [0.5, 0.6) is 0 Å². The van der Waals surface area contributed by atoms with E-state index in [9.17, 15) is 24.0 Å².